The molecule has 0 radical (unpaired) electrons. The summed E-state index contributed by atoms with van der Waals surface area (Å²) in [7, 11) is -3.78. The van der Waals surface area contributed by atoms with Gasteiger partial charge in [0.15, 0.2) is 0 Å². The van der Waals surface area contributed by atoms with Crippen LogP contribution < -0.4 is 5.14 Å². The summed E-state index contributed by atoms with van der Waals surface area (Å²) in [6.45, 7) is 1.53. The Hall–Kier alpha value is -0.920. The van der Waals surface area contributed by atoms with Crippen molar-refractivity contribution in [1.29, 1.82) is 0 Å². The first-order valence-electron chi connectivity index (χ1n) is 3.19. The molecule has 0 saturated heterocycles. The van der Waals surface area contributed by atoms with Crippen molar-refractivity contribution in [2.75, 3.05) is 0 Å². The number of primary sulfonamides is 1. The van der Waals surface area contributed by atoms with E-state index in [1.54, 1.807) is 0 Å². The first-order valence-corrected chi connectivity index (χ1v) is 5.55. The lowest BCUT2D eigenvalue weighted by atomic mass is 10.3. The molecule has 0 saturated carbocycles. The number of aromatic carboxylic acids is 1. The highest BCUT2D eigenvalue weighted by molar-refractivity contribution is 7.91. The fourth-order valence-electron chi connectivity index (χ4n) is 0.807. The lowest BCUT2D eigenvalue weighted by Gasteiger charge is -1.87. The van der Waals surface area contributed by atoms with Crippen LogP contribution in [0.2, 0.25) is 0 Å². The van der Waals surface area contributed by atoms with Gasteiger partial charge in [-0.25, -0.2) is 18.4 Å². The van der Waals surface area contributed by atoms with Crippen LogP contribution in [-0.4, -0.2) is 19.5 Å². The van der Waals surface area contributed by atoms with Crippen LogP contribution in [0.1, 0.15) is 15.2 Å². The van der Waals surface area contributed by atoms with E-state index in [2.05, 4.69) is 0 Å². The number of aryl methyl sites for hydroxylation is 1. The molecule has 0 fully saturated rings. The summed E-state index contributed by atoms with van der Waals surface area (Å²) < 4.78 is 21.5. The Morgan fingerprint density at radius 1 is 1.62 bits per heavy atom. The van der Waals surface area contributed by atoms with Crippen LogP contribution in [0.4, 0.5) is 0 Å². The highest BCUT2D eigenvalue weighted by Crippen LogP contribution is 2.24. The first kappa shape index (κ1) is 10.2. The van der Waals surface area contributed by atoms with Crippen molar-refractivity contribution in [3.63, 3.8) is 0 Å². The molecule has 0 bridgehead atoms. The van der Waals surface area contributed by atoms with Crippen molar-refractivity contribution in [2.24, 2.45) is 5.14 Å². The Balaban J connectivity index is 3.33. The van der Waals surface area contributed by atoms with Gasteiger partial charge in [0.25, 0.3) is 0 Å². The molecular formula is C6H7NO4S2. The second-order valence-electron chi connectivity index (χ2n) is 2.39. The van der Waals surface area contributed by atoms with Gasteiger partial charge in [0.1, 0.15) is 4.21 Å². The Bertz CT molecular complexity index is 445. The normalized spacial score (nSPS) is 11.5. The number of sulfonamides is 1. The zero-order valence-corrected chi connectivity index (χ0v) is 8.28. The summed E-state index contributed by atoms with van der Waals surface area (Å²) >= 11 is 0.856. The van der Waals surface area contributed by atoms with Crippen LogP contribution in [0.25, 0.3) is 0 Å². The molecule has 0 atom stereocenters. The van der Waals surface area contributed by atoms with Crippen molar-refractivity contribution in [3.8, 4) is 0 Å². The summed E-state index contributed by atoms with van der Waals surface area (Å²) in [4.78, 5) is 11.0. The van der Waals surface area contributed by atoms with Crippen LogP contribution >= 0.6 is 11.3 Å². The minimum absolute atomic E-state index is 0.0194. The largest absolute Gasteiger partial charge is 0.478 e. The number of hydrogen-bond acceptors (Lipinski definition) is 4. The summed E-state index contributed by atoms with van der Waals surface area (Å²) in [5.74, 6) is -1.15. The topological polar surface area (TPSA) is 97.5 Å². The predicted octanol–water partition coefficient (Wildman–Crippen LogP) is 0.402. The van der Waals surface area contributed by atoms with Crippen LogP contribution in [-0.2, 0) is 10.0 Å². The molecule has 0 spiro atoms. The molecule has 0 unspecified atom stereocenters. The minimum atomic E-state index is -3.78. The second kappa shape index (κ2) is 3.09. The van der Waals surface area contributed by atoms with Gasteiger partial charge in [-0.2, -0.15) is 0 Å². The minimum Gasteiger partial charge on any atom is -0.478 e. The molecule has 7 heteroatoms. The molecule has 0 aromatic carbocycles. The lowest BCUT2D eigenvalue weighted by molar-refractivity contribution is 0.0696. The van der Waals surface area contributed by atoms with Crippen molar-refractivity contribution in [2.45, 2.75) is 11.1 Å². The van der Waals surface area contributed by atoms with Gasteiger partial charge in [-0.3, -0.25) is 0 Å². The maximum Gasteiger partial charge on any atom is 0.336 e. The average molecular weight is 221 g/mol. The zero-order chi connectivity index (χ0) is 10.2. The van der Waals surface area contributed by atoms with E-state index < -0.39 is 16.0 Å². The van der Waals surface area contributed by atoms with E-state index in [0.29, 0.717) is 4.88 Å². The monoisotopic (exact) mass is 221 g/mol. The number of hydrogen-bond donors (Lipinski definition) is 2. The Labute approximate surface area is 78.9 Å². The SMILES string of the molecule is Cc1sc(S(N)(=O)=O)cc1C(=O)O. The second-order valence-corrected chi connectivity index (χ2v) is 5.43. The van der Waals surface area contributed by atoms with Gasteiger partial charge in [-0.1, -0.05) is 0 Å². The highest BCUT2D eigenvalue weighted by Gasteiger charge is 2.17. The predicted molar refractivity (Wildman–Crippen MR) is 47.4 cm³/mol. The van der Waals surface area contributed by atoms with Crippen LogP contribution in [0.5, 0.6) is 0 Å². The molecule has 1 heterocycles. The van der Waals surface area contributed by atoms with Gasteiger partial charge in [0, 0.05) is 4.88 Å². The lowest BCUT2D eigenvalue weighted by Crippen LogP contribution is -2.10. The molecule has 0 amide bonds. The van der Waals surface area contributed by atoms with Crippen molar-refractivity contribution < 1.29 is 18.3 Å². The van der Waals surface area contributed by atoms with Crippen molar-refractivity contribution in [1.82, 2.24) is 0 Å². The van der Waals surface area contributed by atoms with E-state index in [1.165, 1.54) is 6.92 Å². The van der Waals surface area contributed by atoms with E-state index in [1.807, 2.05) is 0 Å². The Morgan fingerprint density at radius 3 is 2.38 bits per heavy atom. The van der Waals surface area contributed by atoms with E-state index in [4.69, 9.17) is 10.2 Å². The standard InChI is InChI=1S/C6H7NO4S2/c1-3-4(6(8)9)2-5(12-3)13(7,10)11/h2H,1H3,(H,8,9)(H2,7,10,11). The molecule has 0 aliphatic rings. The average Bonchev–Trinajstić information content (AvgIpc) is 2.29. The highest BCUT2D eigenvalue weighted by atomic mass is 32.2. The van der Waals surface area contributed by atoms with E-state index in [-0.39, 0.29) is 9.77 Å². The van der Waals surface area contributed by atoms with Gasteiger partial charge in [0.2, 0.25) is 10.0 Å². The first-order chi connectivity index (χ1) is 5.82. The molecule has 13 heavy (non-hydrogen) atoms. The molecule has 0 aliphatic heterocycles. The Morgan fingerprint density at radius 2 is 2.15 bits per heavy atom. The summed E-state index contributed by atoms with van der Waals surface area (Å²) in [6, 6.07) is 1.07. The quantitative estimate of drug-likeness (QED) is 0.755. The van der Waals surface area contributed by atoms with Gasteiger partial charge in [-0.05, 0) is 13.0 Å². The summed E-state index contributed by atoms with van der Waals surface area (Å²) in [6.07, 6.45) is 0. The van der Waals surface area contributed by atoms with Crippen molar-refractivity contribution >= 4 is 27.3 Å². The smallest absolute Gasteiger partial charge is 0.336 e. The third kappa shape index (κ3) is 2.06. The Kier molecular flexibility index (Phi) is 2.42. The molecule has 1 aromatic rings. The number of rotatable bonds is 2. The van der Waals surface area contributed by atoms with Gasteiger partial charge < -0.3 is 5.11 Å². The van der Waals surface area contributed by atoms with Crippen LogP contribution in [0, 0.1) is 6.92 Å². The maximum atomic E-state index is 10.8. The molecule has 5 nitrogen and oxygen atoms in total. The van der Waals surface area contributed by atoms with E-state index in [0.717, 1.165) is 17.4 Å². The number of nitrogens with two attached hydrogens (primary N) is 1. The summed E-state index contributed by atoms with van der Waals surface area (Å²) in [5.41, 5.74) is -0.0194. The third-order valence-electron chi connectivity index (χ3n) is 1.41. The summed E-state index contributed by atoms with van der Waals surface area (Å²) in [5, 5.41) is 13.4. The molecule has 72 valence electrons. The van der Waals surface area contributed by atoms with Gasteiger partial charge >= 0.3 is 5.97 Å². The maximum absolute atomic E-state index is 10.8. The number of carboxylic acids is 1. The van der Waals surface area contributed by atoms with Crippen LogP contribution in [0.15, 0.2) is 10.3 Å². The number of carboxylic acid groups (broad SMARTS) is 1. The zero-order valence-electron chi connectivity index (χ0n) is 6.64. The van der Waals surface area contributed by atoms with E-state index >= 15 is 0 Å². The molecule has 0 aliphatic carbocycles. The third-order valence-corrected chi connectivity index (χ3v) is 3.88. The fraction of sp³-hybridized carbons (Fsp3) is 0.167. The van der Waals surface area contributed by atoms with Crippen molar-refractivity contribution in [3.05, 3.63) is 16.5 Å². The number of carbonyl (C=O) groups is 1. The fourth-order valence-corrected chi connectivity index (χ4v) is 2.66. The van der Waals surface area contributed by atoms with Gasteiger partial charge in [0.05, 0.1) is 5.56 Å². The molecular weight excluding hydrogens is 214 g/mol. The van der Waals surface area contributed by atoms with Crippen LogP contribution in [0.3, 0.4) is 0 Å². The molecule has 1 rings (SSSR count). The number of thiophene rings is 1. The van der Waals surface area contributed by atoms with E-state index in [9.17, 15) is 13.2 Å². The van der Waals surface area contributed by atoms with Gasteiger partial charge in [-0.15, -0.1) is 11.3 Å². The molecule has 1 aromatic heterocycles. The molecule has 3 N–H and O–H groups in total.